The van der Waals surface area contributed by atoms with Crippen LogP contribution in [-0.4, -0.2) is 185 Å². The molecule has 6 fully saturated rings. The van der Waals surface area contributed by atoms with E-state index in [1.54, 1.807) is 18.2 Å². The van der Waals surface area contributed by atoms with Crippen molar-refractivity contribution >= 4 is 70.5 Å². The normalized spacial score (nSPS) is 24.8. The van der Waals surface area contributed by atoms with Gasteiger partial charge < -0.3 is 76.5 Å². The van der Waals surface area contributed by atoms with E-state index in [1.165, 1.54) is 12.7 Å². The molecule has 2 aliphatic heterocycles. The maximum absolute atomic E-state index is 14.1. The average Bonchev–Trinajstić information content (AvgIpc) is 1.78. The van der Waals surface area contributed by atoms with E-state index in [9.17, 15) is 58.2 Å². The molecule has 0 amide bonds. The highest BCUT2D eigenvalue weighted by atomic mass is 127. The number of esters is 10. The Morgan fingerprint density at radius 3 is 1.37 bits per heavy atom. The summed E-state index contributed by atoms with van der Waals surface area (Å²) in [6, 6.07) is 29.1. The molecule has 2 N–H and O–H groups in total. The van der Waals surface area contributed by atoms with Crippen molar-refractivity contribution in [1.82, 2.24) is 0 Å². The third-order valence-electron chi connectivity index (χ3n) is 18.4. The topological polar surface area (TPSA) is 347 Å². The Hall–Kier alpha value is -7.99. The number of aryl methyl sites for hydroxylation is 1. The van der Waals surface area contributed by atoms with Crippen LogP contribution in [0.1, 0.15) is 102 Å². The van der Waals surface area contributed by atoms with E-state index in [2.05, 4.69) is 24.3 Å². The van der Waals surface area contributed by atoms with Crippen LogP contribution >= 0.6 is 0 Å². The summed E-state index contributed by atoms with van der Waals surface area (Å²) in [5.41, 5.74) is 1.19. The number of carbonyl (C=O) groups is 10. The van der Waals surface area contributed by atoms with Gasteiger partial charge in [0.25, 0.3) is 0 Å². The second-order valence-electron chi connectivity index (χ2n) is 25.9. The molecule has 4 saturated carbocycles. The molecular formula is C72H84IO26+. The third-order valence-corrected chi connectivity index (χ3v) is 21.1. The smallest absolute Gasteiger partial charge is 0.357 e. The van der Waals surface area contributed by atoms with Crippen molar-refractivity contribution in [2.45, 2.75) is 152 Å². The van der Waals surface area contributed by atoms with Crippen molar-refractivity contribution < 1.29 is 146 Å². The highest BCUT2D eigenvalue weighted by molar-refractivity contribution is 5.91. The van der Waals surface area contributed by atoms with E-state index in [-0.39, 0.29) is 114 Å². The van der Waals surface area contributed by atoms with E-state index in [0.717, 1.165) is 36.5 Å². The van der Waals surface area contributed by atoms with Crippen LogP contribution in [0.4, 0.5) is 0 Å². The fourth-order valence-electron chi connectivity index (χ4n) is 12.7. The maximum Gasteiger partial charge on any atom is 0.357 e. The lowest BCUT2D eigenvalue weighted by Gasteiger charge is -2.32. The van der Waals surface area contributed by atoms with Gasteiger partial charge in [0, 0.05) is 5.39 Å². The summed E-state index contributed by atoms with van der Waals surface area (Å²) in [4.78, 5) is 133. The number of halogens is 1. The summed E-state index contributed by atoms with van der Waals surface area (Å²) in [5.74, 6) is -14.5. The van der Waals surface area contributed by atoms with Crippen LogP contribution in [0.3, 0.4) is 0 Å². The van der Waals surface area contributed by atoms with Crippen molar-refractivity contribution in [3.05, 3.63) is 104 Å². The largest absolute Gasteiger partial charge is 0.492 e. The Labute approximate surface area is 582 Å². The number of fused-ring (bicyclic) bond motifs is 3. The molecule has 534 valence electrons. The molecule has 0 bridgehead atoms. The molecule has 14 atom stereocenters. The van der Waals surface area contributed by atoms with Gasteiger partial charge in [0.2, 0.25) is 0 Å². The Bertz CT molecular complexity index is 3450. The quantitative estimate of drug-likeness (QED) is 0.0294. The SMILES string of the molecule is Cc1ccc([I+]c2ccc(OCC(=O)OC3CCC(COC(=O)COC(=O)CC(C(=O)OCC(=O)OCC4CCC5OC5C4)C(CC(=O)OCC(=O)OCC4CCC(OC(=O)CCOc5cccc6ccccc56)C(O)C4)C(=O)OCC(=O)OCC4CCC5OC5C4)CC3O)cc2)cc1. The van der Waals surface area contributed by atoms with Gasteiger partial charge in [-0.05, 0) is 155 Å². The molecule has 0 aromatic heterocycles. The highest BCUT2D eigenvalue weighted by Crippen LogP contribution is 2.41. The van der Waals surface area contributed by atoms with Crippen molar-refractivity contribution in [2.24, 2.45) is 35.5 Å². The first-order valence-corrected chi connectivity index (χ1v) is 35.9. The zero-order chi connectivity index (χ0) is 69.8. The molecule has 0 spiro atoms. The summed E-state index contributed by atoms with van der Waals surface area (Å²) in [6.07, 6.45) is 0.247. The maximum atomic E-state index is 14.1. The minimum absolute atomic E-state index is 0.00423. The van der Waals surface area contributed by atoms with E-state index in [4.69, 9.17) is 66.3 Å². The lowest BCUT2D eigenvalue weighted by atomic mass is 9.86. The van der Waals surface area contributed by atoms with Gasteiger partial charge in [0.05, 0.1) is 101 Å². The molecule has 99 heavy (non-hydrogen) atoms. The molecule has 4 aromatic rings. The number of rotatable bonds is 34. The number of aliphatic hydroxyl groups excluding tert-OH is 2. The predicted molar refractivity (Wildman–Crippen MR) is 337 cm³/mol. The fourth-order valence-corrected chi connectivity index (χ4v) is 14.9. The minimum Gasteiger partial charge on any atom is -0.492 e. The summed E-state index contributed by atoms with van der Waals surface area (Å²) in [6.45, 7) is -2.78. The average molecular weight is 1490 g/mol. The molecule has 26 nitrogen and oxygen atoms in total. The van der Waals surface area contributed by atoms with Crippen LogP contribution in [0.25, 0.3) is 10.8 Å². The van der Waals surface area contributed by atoms with Crippen LogP contribution < -0.4 is 30.7 Å². The van der Waals surface area contributed by atoms with Gasteiger partial charge in [-0.2, -0.15) is 0 Å². The Kier molecular flexibility index (Phi) is 27.1. The van der Waals surface area contributed by atoms with Gasteiger partial charge in [0.1, 0.15) is 23.7 Å². The zero-order valence-corrected chi connectivity index (χ0v) is 57.1. The predicted octanol–water partition coefficient (Wildman–Crippen LogP) is 2.76. The van der Waals surface area contributed by atoms with Gasteiger partial charge in [-0.3, -0.25) is 24.0 Å². The Morgan fingerprint density at radius 1 is 0.434 bits per heavy atom. The second-order valence-corrected chi connectivity index (χ2v) is 29.0. The Morgan fingerprint density at radius 2 is 0.879 bits per heavy atom. The lowest BCUT2D eigenvalue weighted by Crippen LogP contribution is -3.61. The number of ether oxygens (including phenoxy) is 14. The zero-order valence-electron chi connectivity index (χ0n) is 55.0. The van der Waals surface area contributed by atoms with Crippen LogP contribution in [-0.2, 0) is 105 Å². The first-order chi connectivity index (χ1) is 47.8. The molecule has 4 aliphatic carbocycles. The van der Waals surface area contributed by atoms with Crippen LogP contribution in [0.2, 0.25) is 0 Å². The summed E-state index contributed by atoms with van der Waals surface area (Å²) in [5, 5.41) is 23.7. The van der Waals surface area contributed by atoms with Crippen LogP contribution in [0, 0.1) is 49.6 Å². The van der Waals surface area contributed by atoms with E-state index >= 15 is 0 Å². The number of epoxide rings is 2. The minimum atomic E-state index is -2.04. The highest BCUT2D eigenvalue weighted by Gasteiger charge is 2.46. The molecule has 6 aliphatic rings. The first-order valence-electron chi connectivity index (χ1n) is 33.7. The third kappa shape index (κ3) is 23.6. The van der Waals surface area contributed by atoms with E-state index < -0.39 is 162 Å². The molecule has 2 saturated heterocycles. The fraction of sp³-hybridized carbons (Fsp3) is 0.556. The molecule has 27 heteroatoms. The van der Waals surface area contributed by atoms with Crippen molar-refractivity contribution in [1.29, 1.82) is 0 Å². The van der Waals surface area contributed by atoms with Gasteiger partial charge in [-0.1, -0.05) is 54.1 Å². The molecule has 10 rings (SSSR count). The second kappa shape index (κ2) is 36.4. The van der Waals surface area contributed by atoms with Gasteiger partial charge in [-0.25, -0.2) is 24.0 Å². The monoisotopic (exact) mass is 1490 g/mol. The van der Waals surface area contributed by atoms with Crippen molar-refractivity contribution in [3.63, 3.8) is 0 Å². The number of aliphatic hydroxyl groups is 2. The molecule has 4 aromatic carbocycles. The number of hydrogen-bond donors (Lipinski definition) is 2. The first kappa shape index (κ1) is 73.7. The summed E-state index contributed by atoms with van der Waals surface area (Å²) in [7, 11) is 0. The van der Waals surface area contributed by atoms with Crippen molar-refractivity contribution in [3.8, 4) is 11.5 Å². The lowest BCUT2D eigenvalue weighted by molar-refractivity contribution is -0.597. The van der Waals surface area contributed by atoms with Crippen LogP contribution in [0.5, 0.6) is 11.5 Å². The van der Waals surface area contributed by atoms with Crippen molar-refractivity contribution in [2.75, 3.05) is 66.1 Å². The molecule has 14 unspecified atom stereocenters. The van der Waals surface area contributed by atoms with E-state index in [1.807, 2.05) is 55.5 Å². The number of benzene rings is 4. The number of carbonyl (C=O) groups excluding carboxylic acids is 10. The van der Waals surface area contributed by atoms with Crippen LogP contribution in [0.15, 0.2) is 91.0 Å². The number of hydrogen-bond acceptors (Lipinski definition) is 26. The van der Waals surface area contributed by atoms with E-state index in [0.29, 0.717) is 37.2 Å². The summed E-state index contributed by atoms with van der Waals surface area (Å²) < 4.78 is 78.7. The molecular weight excluding hydrogens is 1410 g/mol. The summed E-state index contributed by atoms with van der Waals surface area (Å²) >= 11 is -0.395. The van der Waals surface area contributed by atoms with Gasteiger partial charge >= 0.3 is 80.9 Å². The molecule has 0 radical (unpaired) electrons. The standard InChI is InChI=1S/C72H84IO26/c1-42-9-15-48(16-10-42)73-49-17-19-50(20-18-49)87-41-70(83)99-58-22-12-44(28-55(58)75)34-89-67(80)38-93-65(78)32-53(72(85)95-40-69(82)91-36-46-14-24-60-62(30-46)97-60)52(71(84)94-39-68(81)90-35-45-13-23-59-61(29-45)96-59)31-64(77)92-37-66(79)88-33-43-11-21-57(54(74)27-43)98-63(76)25-26-86-56-8-4-6-47-5-2-3-7-51(47)56/h2-10,15-20,43-46,52-55,57-62,74-75H,11-14,21-41H2,1H3/q+1. The molecule has 2 heterocycles. The van der Waals surface area contributed by atoms with Gasteiger partial charge in [-0.15, -0.1) is 0 Å². The van der Waals surface area contributed by atoms with Gasteiger partial charge in [0.15, 0.2) is 40.2 Å². The Balaban J connectivity index is 0.695.